The van der Waals surface area contributed by atoms with E-state index >= 15 is 0 Å². The number of nitrogens with zero attached hydrogens (tertiary/aromatic N) is 4. The van der Waals surface area contributed by atoms with Gasteiger partial charge in [0.1, 0.15) is 17.3 Å². The van der Waals surface area contributed by atoms with Gasteiger partial charge in [-0.2, -0.15) is 13.2 Å². The zero-order valence-corrected chi connectivity index (χ0v) is 20.2. The SMILES string of the molecule is CCN(CC)CCN(C(=O)C(F)(F)F)c1ccc(OC)c(Nc2cncc(-c3ccc(O)cc3)n2)c1. The van der Waals surface area contributed by atoms with Crippen molar-refractivity contribution >= 4 is 23.1 Å². The number of anilines is 3. The van der Waals surface area contributed by atoms with Gasteiger partial charge in [-0.1, -0.05) is 13.8 Å². The maximum Gasteiger partial charge on any atom is 0.471 e. The number of amides is 1. The van der Waals surface area contributed by atoms with Crippen LogP contribution in [0.15, 0.2) is 54.9 Å². The predicted octanol–water partition coefficient (Wildman–Crippen LogP) is 4.84. The van der Waals surface area contributed by atoms with E-state index in [-0.39, 0.29) is 24.5 Å². The molecule has 0 saturated heterocycles. The van der Waals surface area contributed by atoms with E-state index in [0.717, 1.165) is 4.90 Å². The molecule has 36 heavy (non-hydrogen) atoms. The summed E-state index contributed by atoms with van der Waals surface area (Å²) in [4.78, 5) is 23.6. The van der Waals surface area contributed by atoms with Gasteiger partial charge in [0.15, 0.2) is 0 Å². The molecule has 0 aliphatic rings. The average molecular weight is 504 g/mol. The molecule has 1 aromatic heterocycles. The van der Waals surface area contributed by atoms with Gasteiger partial charge in [0, 0.05) is 24.3 Å². The lowest BCUT2D eigenvalue weighted by atomic mass is 10.1. The van der Waals surface area contributed by atoms with Crippen molar-refractivity contribution in [3.8, 4) is 22.8 Å². The Labute approximate surface area is 207 Å². The number of nitrogens with one attached hydrogen (secondary N) is 1. The molecule has 2 aromatic carbocycles. The number of rotatable bonds is 10. The van der Waals surface area contributed by atoms with Crippen molar-refractivity contribution in [2.45, 2.75) is 20.0 Å². The zero-order valence-electron chi connectivity index (χ0n) is 20.2. The number of aromatic nitrogens is 2. The number of likely N-dealkylation sites (N-methyl/N-ethyl adjacent to an activating group) is 1. The summed E-state index contributed by atoms with van der Waals surface area (Å²) in [6, 6.07) is 10.7. The van der Waals surface area contributed by atoms with E-state index in [0.29, 0.717) is 41.6 Å². The minimum absolute atomic E-state index is 0.0652. The third-order valence-corrected chi connectivity index (χ3v) is 5.58. The first-order valence-corrected chi connectivity index (χ1v) is 11.3. The Bertz CT molecular complexity index is 1170. The molecule has 1 amide bonds. The van der Waals surface area contributed by atoms with Crippen molar-refractivity contribution in [1.29, 1.82) is 0 Å². The number of hydrogen-bond acceptors (Lipinski definition) is 7. The normalized spacial score (nSPS) is 11.4. The van der Waals surface area contributed by atoms with Crippen molar-refractivity contribution in [3.63, 3.8) is 0 Å². The first kappa shape index (κ1) is 26.7. The lowest BCUT2D eigenvalue weighted by Crippen LogP contribution is -2.45. The van der Waals surface area contributed by atoms with E-state index in [4.69, 9.17) is 4.74 Å². The second-order valence-corrected chi connectivity index (χ2v) is 7.83. The summed E-state index contributed by atoms with van der Waals surface area (Å²) in [6.45, 7) is 5.25. The van der Waals surface area contributed by atoms with Crippen LogP contribution in [0, 0.1) is 0 Å². The lowest BCUT2D eigenvalue weighted by Gasteiger charge is -2.28. The average Bonchev–Trinajstić information content (AvgIpc) is 2.86. The summed E-state index contributed by atoms with van der Waals surface area (Å²) in [5.41, 5.74) is 1.61. The third-order valence-electron chi connectivity index (χ3n) is 5.58. The van der Waals surface area contributed by atoms with E-state index in [2.05, 4.69) is 15.3 Å². The highest BCUT2D eigenvalue weighted by molar-refractivity contribution is 5.98. The molecule has 192 valence electrons. The first-order chi connectivity index (χ1) is 17.2. The minimum Gasteiger partial charge on any atom is -0.508 e. The van der Waals surface area contributed by atoms with Crippen LogP contribution in [-0.4, -0.2) is 65.3 Å². The van der Waals surface area contributed by atoms with E-state index in [1.807, 2.05) is 18.7 Å². The molecule has 0 bridgehead atoms. The highest BCUT2D eigenvalue weighted by Crippen LogP contribution is 2.33. The highest BCUT2D eigenvalue weighted by atomic mass is 19.4. The number of carbonyl (C=O) groups is 1. The monoisotopic (exact) mass is 503 g/mol. The molecule has 0 saturated carbocycles. The number of hydrogen-bond donors (Lipinski definition) is 2. The Balaban J connectivity index is 1.94. The molecular weight excluding hydrogens is 475 g/mol. The Morgan fingerprint density at radius 3 is 2.36 bits per heavy atom. The minimum atomic E-state index is -5.03. The Morgan fingerprint density at radius 1 is 1.06 bits per heavy atom. The van der Waals surface area contributed by atoms with Gasteiger partial charge in [-0.05, 0) is 55.6 Å². The van der Waals surface area contributed by atoms with Crippen LogP contribution in [0.4, 0.5) is 30.4 Å². The standard InChI is InChI=1S/C25H28F3N5O3/c1-4-32(5-2)12-13-33(24(35)25(26,27)28)18-8-11-22(36-3)20(14-18)30-23-16-29-15-21(31-23)17-6-9-19(34)10-7-17/h6-11,14-16,34H,4-5,12-13H2,1-3H3,(H,30,31). The van der Waals surface area contributed by atoms with Gasteiger partial charge in [-0.25, -0.2) is 4.98 Å². The van der Waals surface area contributed by atoms with Gasteiger partial charge >= 0.3 is 12.1 Å². The van der Waals surface area contributed by atoms with Crippen molar-refractivity contribution in [3.05, 3.63) is 54.9 Å². The third kappa shape index (κ3) is 6.63. The second kappa shape index (κ2) is 11.7. The van der Waals surface area contributed by atoms with E-state index < -0.39 is 12.1 Å². The predicted molar refractivity (Wildman–Crippen MR) is 132 cm³/mol. The molecule has 3 rings (SSSR count). The molecule has 8 nitrogen and oxygen atoms in total. The summed E-state index contributed by atoms with van der Waals surface area (Å²) < 4.78 is 45.6. The first-order valence-electron chi connectivity index (χ1n) is 11.3. The van der Waals surface area contributed by atoms with Crippen molar-refractivity contribution in [1.82, 2.24) is 14.9 Å². The number of phenolic OH excluding ortho intramolecular Hbond substituents is 1. The van der Waals surface area contributed by atoms with Gasteiger partial charge < -0.3 is 25.0 Å². The molecule has 0 atom stereocenters. The zero-order chi connectivity index (χ0) is 26.3. The molecule has 0 unspecified atom stereocenters. The van der Waals surface area contributed by atoms with Gasteiger partial charge in [0.25, 0.3) is 0 Å². The van der Waals surface area contributed by atoms with E-state index in [1.165, 1.54) is 43.6 Å². The quantitative estimate of drug-likeness (QED) is 0.409. The molecule has 0 aliphatic carbocycles. The van der Waals surface area contributed by atoms with Crippen molar-refractivity contribution < 1.29 is 27.8 Å². The van der Waals surface area contributed by atoms with E-state index in [1.54, 1.807) is 18.3 Å². The van der Waals surface area contributed by atoms with Gasteiger partial charge in [-0.15, -0.1) is 0 Å². The fourth-order valence-corrected chi connectivity index (χ4v) is 3.58. The highest BCUT2D eigenvalue weighted by Gasteiger charge is 2.43. The fraction of sp³-hybridized carbons (Fsp3) is 0.320. The Morgan fingerprint density at radius 2 is 1.75 bits per heavy atom. The molecular formula is C25H28F3N5O3. The van der Waals surface area contributed by atoms with Gasteiger partial charge in [0.2, 0.25) is 0 Å². The number of halogens is 3. The van der Waals surface area contributed by atoms with Gasteiger partial charge in [-0.3, -0.25) is 9.78 Å². The number of aromatic hydroxyl groups is 1. The van der Waals surface area contributed by atoms with Crippen LogP contribution < -0.4 is 15.0 Å². The van der Waals surface area contributed by atoms with Crippen LogP contribution in [0.1, 0.15) is 13.8 Å². The molecule has 0 radical (unpaired) electrons. The Hall–Kier alpha value is -3.86. The van der Waals surface area contributed by atoms with Crippen LogP contribution in [-0.2, 0) is 4.79 Å². The lowest BCUT2D eigenvalue weighted by molar-refractivity contribution is -0.170. The van der Waals surface area contributed by atoms with Crippen LogP contribution in [0.25, 0.3) is 11.3 Å². The number of benzene rings is 2. The molecule has 3 aromatic rings. The van der Waals surface area contributed by atoms with Crippen molar-refractivity contribution in [2.75, 3.05) is 43.5 Å². The Kier molecular flexibility index (Phi) is 8.70. The maximum absolute atomic E-state index is 13.4. The van der Waals surface area contributed by atoms with Crippen LogP contribution in [0.5, 0.6) is 11.5 Å². The number of methoxy groups -OCH3 is 1. The van der Waals surface area contributed by atoms with Crippen LogP contribution in [0.2, 0.25) is 0 Å². The smallest absolute Gasteiger partial charge is 0.471 e. The maximum atomic E-state index is 13.4. The molecule has 2 N–H and O–H groups in total. The van der Waals surface area contributed by atoms with Crippen molar-refractivity contribution in [2.24, 2.45) is 0 Å². The fourth-order valence-electron chi connectivity index (χ4n) is 3.58. The summed E-state index contributed by atoms with van der Waals surface area (Å²) in [5.74, 6) is -1.17. The van der Waals surface area contributed by atoms with Gasteiger partial charge in [0.05, 0.1) is 30.9 Å². The summed E-state index contributed by atoms with van der Waals surface area (Å²) in [5, 5.41) is 12.5. The second-order valence-electron chi connectivity index (χ2n) is 7.83. The van der Waals surface area contributed by atoms with E-state index in [9.17, 15) is 23.1 Å². The summed E-state index contributed by atoms with van der Waals surface area (Å²) in [7, 11) is 1.43. The topological polar surface area (TPSA) is 90.8 Å². The molecule has 11 heteroatoms. The summed E-state index contributed by atoms with van der Waals surface area (Å²) >= 11 is 0. The number of alkyl halides is 3. The summed E-state index contributed by atoms with van der Waals surface area (Å²) in [6.07, 6.45) is -2.03. The molecule has 0 aliphatic heterocycles. The molecule has 1 heterocycles. The van der Waals surface area contributed by atoms with Crippen LogP contribution in [0.3, 0.4) is 0 Å². The number of ether oxygens (including phenoxy) is 1. The number of carbonyl (C=O) groups excluding carboxylic acids is 1. The van der Waals surface area contributed by atoms with Crippen LogP contribution >= 0.6 is 0 Å². The molecule has 0 fully saturated rings. The largest absolute Gasteiger partial charge is 0.508 e. The number of phenols is 1. The molecule has 0 spiro atoms.